The Kier molecular flexibility index (Phi) is 3.39. The van der Waals surface area contributed by atoms with E-state index in [1.165, 1.54) is 6.92 Å². The minimum absolute atomic E-state index is 0.0803. The molecule has 0 atom stereocenters. The molecule has 0 saturated carbocycles. The van der Waals surface area contributed by atoms with E-state index in [0.717, 1.165) is 18.2 Å². The second kappa shape index (κ2) is 4.14. The van der Waals surface area contributed by atoms with Crippen LogP contribution in [0.3, 0.4) is 0 Å². The number of rotatable bonds is 2. The number of hydrogen-bond acceptors (Lipinski definition) is 3. The zero-order valence-corrected chi connectivity index (χ0v) is 9.45. The summed E-state index contributed by atoms with van der Waals surface area (Å²) in [7, 11) is 1.10. The van der Waals surface area contributed by atoms with E-state index in [4.69, 9.17) is 10.7 Å². The van der Waals surface area contributed by atoms with Crippen LogP contribution in [0.2, 0.25) is 0 Å². The van der Waals surface area contributed by atoms with Gasteiger partial charge in [0.15, 0.2) is 0 Å². The summed E-state index contributed by atoms with van der Waals surface area (Å²) >= 11 is 0. The topological polar surface area (TPSA) is 43.4 Å². The SMILES string of the molecule is Cc1cc(OC(F)(F)F)ccc1S(=O)(=O)Cl. The van der Waals surface area contributed by atoms with Gasteiger partial charge in [-0.05, 0) is 30.7 Å². The average Bonchev–Trinajstić information content (AvgIpc) is 1.97. The molecule has 90 valence electrons. The van der Waals surface area contributed by atoms with Crippen molar-refractivity contribution in [1.82, 2.24) is 0 Å². The van der Waals surface area contributed by atoms with Crippen molar-refractivity contribution in [2.75, 3.05) is 0 Å². The van der Waals surface area contributed by atoms with Gasteiger partial charge in [0.25, 0.3) is 9.05 Å². The molecule has 8 heteroatoms. The van der Waals surface area contributed by atoms with Crippen LogP contribution in [0.1, 0.15) is 5.56 Å². The van der Waals surface area contributed by atoms with Crippen molar-refractivity contribution in [3.8, 4) is 5.75 Å². The fourth-order valence-corrected chi connectivity index (χ4v) is 2.29. The molecule has 1 aromatic rings. The van der Waals surface area contributed by atoms with Crippen LogP contribution in [-0.2, 0) is 9.05 Å². The van der Waals surface area contributed by atoms with Crippen molar-refractivity contribution < 1.29 is 26.3 Å². The highest BCUT2D eigenvalue weighted by Crippen LogP contribution is 2.27. The van der Waals surface area contributed by atoms with Crippen LogP contribution in [0, 0.1) is 6.92 Å². The zero-order valence-electron chi connectivity index (χ0n) is 7.88. The van der Waals surface area contributed by atoms with Crippen LogP contribution in [0.25, 0.3) is 0 Å². The van der Waals surface area contributed by atoms with Crippen LogP contribution in [0.15, 0.2) is 23.1 Å². The summed E-state index contributed by atoms with van der Waals surface area (Å²) in [6.45, 7) is 1.32. The summed E-state index contributed by atoms with van der Waals surface area (Å²) in [5.41, 5.74) is 0.0803. The molecule has 0 N–H and O–H groups in total. The molecule has 0 fully saturated rings. The molecule has 1 aromatic carbocycles. The van der Waals surface area contributed by atoms with E-state index in [9.17, 15) is 21.6 Å². The largest absolute Gasteiger partial charge is 0.573 e. The maximum atomic E-state index is 11.8. The molecule has 16 heavy (non-hydrogen) atoms. The third-order valence-corrected chi connectivity index (χ3v) is 3.12. The number of alkyl halides is 3. The van der Waals surface area contributed by atoms with Gasteiger partial charge in [0.1, 0.15) is 5.75 Å². The van der Waals surface area contributed by atoms with Crippen molar-refractivity contribution in [2.24, 2.45) is 0 Å². The van der Waals surface area contributed by atoms with Crippen LogP contribution < -0.4 is 4.74 Å². The molecule has 0 heterocycles. The van der Waals surface area contributed by atoms with Gasteiger partial charge in [0, 0.05) is 10.7 Å². The van der Waals surface area contributed by atoms with E-state index in [2.05, 4.69) is 4.74 Å². The first-order valence-electron chi connectivity index (χ1n) is 3.90. The highest BCUT2D eigenvalue weighted by Gasteiger charge is 2.31. The number of halogens is 4. The van der Waals surface area contributed by atoms with Gasteiger partial charge in [-0.3, -0.25) is 0 Å². The quantitative estimate of drug-likeness (QED) is 0.779. The minimum Gasteiger partial charge on any atom is -0.406 e. The maximum absolute atomic E-state index is 11.8. The van der Waals surface area contributed by atoms with Crippen molar-refractivity contribution >= 4 is 19.7 Å². The highest BCUT2D eigenvalue weighted by molar-refractivity contribution is 8.13. The average molecular weight is 275 g/mol. The lowest BCUT2D eigenvalue weighted by Gasteiger charge is -2.10. The van der Waals surface area contributed by atoms with Gasteiger partial charge in [-0.1, -0.05) is 0 Å². The second-order valence-electron chi connectivity index (χ2n) is 2.91. The molecule has 0 aromatic heterocycles. The summed E-state index contributed by atoms with van der Waals surface area (Å²) < 4.78 is 61.0. The first-order valence-corrected chi connectivity index (χ1v) is 6.21. The predicted octanol–water partition coefficient (Wildman–Crippen LogP) is 2.82. The Morgan fingerprint density at radius 3 is 2.25 bits per heavy atom. The number of aryl methyl sites for hydroxylation is 1. The molecule has 1 rings (SSSR count). The molecule has 3 nitrogen and oxygen atoms in total. The van der Waals surface area contributed by atoms with Crippen molar-refractivity contribution in [3.05, 3.63) is 23.8 Å². The molecule has 0 unspecified atom stereocenters. The Hall–Kier alpha value is -0.950. The summed E-state index contributed by atoms with van der Waals surface area (Å²) in [5.74, 6) is -0.492. The summed E-state index contributed by atoms with van der Waals surface area (Å²) in [6.07, 6.45) is -4.81. The molecule has 0 saturated heterocycles. The fourth-order valence-electron chi connectivity index (χ4n) is 1.09. The van der Waals surface area contributed by atoms with Gasteiger partial charge in [-0.15, -0.1) is 13.2 Å². The van der Waals surface area contributed by atoms with Gasteiger partial charge in [0.2, 0.25) is 0 Å². The van der Waals surface area contributed by atoms with Gasteiger partial charge in [-0.25, -0.2) is 8.42 Å². The van der Waals surface area contributed by atoms with E-state index in [1.807, 2.05) is 0 Å². The van der Waals surface area contributed by atoms with E-state index in [1.54, 1.807) is 0 Å². The maximum Gasteiger partial charge on any atom is 0.573 e. The summed E-state index contributed by atoms with van der Waals surface area (Å²) in [4.78, 5) is -0.247. The van der Waals surface area contributed by atoms with Gasteiger partial charge >= 0.3 is 6.36 Å². The Balaban J connectivity index is 3.10. The van der Waals surface area contributed by atoms with Gasteiger partial charge in [0.05, 0.1) is 4.90 Å². The molecular weight excluding hydrogens is 269 g/mol. The van der Waals surface area contributed by atoms with Crippen molar-refractivity contribution in [2.45, 2.75) is 18.2 Å². The summed E-state index contributed by atoms with van der Waals surface area (Å²) in [6, 6.07) is 2.79. The number of hydrogen-bond donors (Lipinski definition) is 0. The third kappa shape index (κ3) is 3.57. The Morgan fingerprint density at radius 2 is 1.88 bits per heavy atom. The monoisotopic (exact) mass is 274 g/mol. The first-order chi connectivity index (χ1) is 7.09. The molecule has 0 aliphatic carbocycles. The van der Waals surface area contributed by atoms with Crippen molar-refractivity contribution in [1.29, 1.82) is 0 Å². The van der Waals surface area contributed by atoms with E-state index >= 15 is 0 Å². The van der Waals surface area contributed by atoms with E-state index < -0.39 is 21.2 Å². The molecule has 0 spiro atoms. The van der Waals surface area contributed by atoms with Crippen LogP contribution in [-0.4, -0.2) is 14.8 Å². The lowest BCUT2D eigenvalue weighted by Crippen LogP contribution is -2.17. The Bertz CT molecular complexity index is 496. The summed E-state index contributed by atoms with van der Waals surface area (Å²) in [5, 5.41) is 0. The smallest absolute Gasteiger partial charge is 0.406 e. The standard InChI is InChI=1S/C8H6ClF3O3S/c1-5-4-6(15-8(10,11)12)2-3-7(5)16(9,13)14/h2-4H,1H3. The number of benzene rings is 1. The second-order valence-corrected chi connectivity index (χ2v) is 5.45. The Labute approximate surface area is 94.2 Å². The third-order valence-electron chi connectivity index (χ3n) is 1.64. The van der Waals surface area contributed by atoms with E-state index in [-0.39, 0.29) is 10.5 Å². The lowest BCUT2D eigenvalue weighted by atomic mass is 10.2. The van der Waals surface area contributed by atoms with Crippen LogP contribution in [0.4, 0.5) is 13.2 Å². The molecule has 0 aliphatic heterocycles. The van der Waals surface area contributed by atoms with Gasteiger partial charge < -0.3 is 4.74 Å². The predicted molar refractivity (Wildman–Crippen MR) is 50.9 cm³/mol. The molecule has 0 aliphatic rings. The normalized spacial score (nSPS) is 12.6. The first kappa shape index (κ1) is 13.1. The molecule has 0 radical (unpaired) electrons. The van der Waals surface area contributed by atoms with Crippen LogP contribution in [0.5, 0.6) is 5.75 Å². The number of ether oxygens (including phenoxy) is 1. The molecule has 0 bridgehead atoms. The van der Waals surface area contributed by atoms with Crippen molar-refractivity contribution in [3.63, 3.8) is 0 Å². The molecule has 0 amide bonds. The van der Waals surface area contributed by atoms with E-state index in [0.29, 0.717) is 0 Å². The highest BCUT2D eigenvalue weighted by atomic mass is 35.7. The van der Waals surface area contributed by atoms with Crippen LogP contribution >= 0.6 is 10.7 Å². The zero-order chi connectivity index (χ0) is 12.6. The fraction of sp³-hybridized carbons (Fsp3) is 0.250. The molecular formula is C8H6ClF3O3S. The lowest BCUT2D eigenvalue weighted by molar-refractivity contribution is -0.274. The van der Waals surface area contributed by atoms with Gasteiger partial charge in [-0.2, -0.15) is 0 Å². The minimum atomic E-state index is -4.81. The Morgan fingerprint density at radius 1 is 1.31 bits per heavy atom.